The van der Waals surface area contributed by atoms with E-state index >= 15 is 0 Å². The molecule has 0 fully saturated rings. The molecule has 0 amide bonds. The second kappa shape index (κ2) is 4.77. The topological polar surface area (TPSA) is 49.9 Å². The predicted octanol–water partition coefficient (Wildman–Crippen LogP) is 0.891. The van der Waals surface area contributed by atoms with Crippen LogP contribution >= 0.6 is 0 Å². The minimum Gasteiger partial charge on any atom is -0.383 e. The number of nitrogens with one attached hydrogen (secondary N) is 2. The van der Waals surface area contributed by atoms with Crippen LogP contribution in [-0.4, -0.2) is 36.0 Å². The average Bonchev–Trinajstić information content (AvgIpc) is 2.65. The number of hydrogen-bond acceptors (Lipinski definition) is 3. The molecule has 2 N–H and O–H groups in total. The average molecular weight is 209 g/mol. The van der Waals surface area contributed by atoms with Gasteiger partial charge in [0.2, 0.25) is 0 Å². The fourth-order valence-electron chi connectivity index (χ4n) is 2.26. The van der Waals surface area contributed by atoms with Gasteiger partial charge in [0, 0.05) is 24.9 Å². The van der Waals surface area contributed by atoms with E-state index in [2.05, 4.69) is 22.4 Å². The zero-order chi connectivity index (χ0) is 10.7. The molecule has 84 valence electrons. The van der Waals surface area contributed by atoms with Crippen molar-refractivity contribution in [3.05, 3.63) is 17.5 Å². The Morgan fingerprint density at radius 1 is 1.73 bits per heavy atom. The van der Waals surface area contributed by atoms with E-state index < -0.39 is 0 Å². The highest BCUT2D eigenvalue weighted by atomic mass is 16.5. The van der Waals surface area contributed by atoms with Gasteiger partial charge in [-0.2, -0.15) is 5.10 Å². The molecule has 0 saturated heterocycles. The molecule has 2 atom stereocenters. The zero-order valence-corrected chi connectivity index (χ0v) is 9.42. The number of H-pyrrole nitrogens is 1. The molecule has 4 heteroatoms. The largest absolute Gasteiger partial charge is 0.383 e. The van der Waals surface area contributed by atoms with Crippen LogP contribution in [0.4, 0.5) is 0 Å². The molecule has 1 aromatic heterocycles. The molecule has 1 aliphatic carbocycles. The van der Waals surface area contributed by atoms with Gasteiger partial charge in [-0.1, -0.05) is 0 Å². The van der Waals surface area contributed by atoms with Gasteiger partial charge in [0.15, 0.2) is 0 Å². The Balaban J connectivity index is 1.87. The number of fused-ring (bicyclic) bond motifs is 1. The van der Waals surface area contributed by atoms with E-state index in [-0.39, 0.29) is 0 Å². The van der Waals surface area contributed by atoms with Crippen molar-refractivity contribution in [3.63, 3.8) is 0 Å². The lowest BCUT2D eigenvalue weighted by molar-refractivity contribution is 0.165. The molecule has 0 bridgehead atoms. The quantitative estimate of drug-likeness (QED) is 0.774. The lowest BCUT2D eigenvalue weighted by atomic mass is 9.93. The van der Waals surface area contributed by atoms with Gasteiger partial charge in [-0.3, -0.25) is 5.10 Å². The van der Waals surface area contributed by atoms with Crippen LogP contribution in [0.3, 0.4) is 0 Å². The number of aryl methyl sites for hydroxylation is 1. The summed E-state index contributed by atoms with van der Waals surface area (Å²) in [6.07, 6.45) is 5.32. The first kappa shape index (κ1) is 10.6. The van der Waals surface area contributed by atoms with Crippen LogP contribution in [0.15, 0.2) is 6.20 Å². The normalized spacial score (nSPS) is 22.4. The molecule has 1 heterocycles. The highest BCUT2D eigenvalue weighted by Crippen LogP contribution is 2.18. The van der Waals surface area contributed by atoms with Crippen LogP contribution < -0.4 is 5.32 Å². The number of methoxy groups -OCH3 is 1. The smallest absolute Gasteiger partial charge is 0.0613 e. The van der Waals surface area contributed by atoms with Gasteiger partial charge >= 0.3 is 0 Å². The first-order valence-corrected chi connectivity index (χ1v) is 5.55. The maximum Gasteiger partial charge on any atom is 0.0613 e. The molecular formula is C11H19N3O. The van der Waals surface area contributed by atoms with Crippen molar-refractivity contribution in [1.29, 1.82) is 0 Å². The van der Waals surface area contributed by atoms with E-state index in [0.29, 0.717) is 12.1 Å². The second-order valence-corrected chi connectivity index (χ2v) is 4.34. The molecule has 2 rings (SSSR count). The van der Waals surface area contributed by atoms with Gasteiger partial charge in [0.25, 0.3) is 0 Å². The third-order valence-corrected chi connectivity index (χ3v) is 2.95. The van der Waals surface area contributed by atoms with Crippen molar-refractivity contribution in [2.75, 3.05) is 13.7 Å². The Bertz CT molecular complexity index is 311. The Kier molecular flexibility index (Phi) is 3.38. The van der Waals surface area contributed by atoms with Crippen molar-refractivity contribution >= 4 is 0 Å². The summed E-state index contributed by atoms with van der Waals surface area (Å²) in [7, 11) is 1.74. The van der Waals surface area contributed by atoms with Gasteiger partial charge in [0.1, 0.15) is 0 Å². The van der Waals surface area contributed by atoms with Gasteiger partial charge in [-0.25, -0.2) is 0 Å². The van der Waals surface area contributed by atoms with Gasteiger partial charge in [-0.15, -0.1) is 0 Å². The van der Waals surface area contributed by atoms with Crippen molar-refractivity contribution in [3.8, 4) is 0 Å². The van der Waals surface area contributed by atoms with E-state index in [1.165, 1.54) is 17.7 Å². The molecule has 1 aliphatic rings. The highest BCUT2D eigenvalue weighted by molar-refractivity contribution is 5.21. The summed E-state index contributed by atoms with van der Waals surface area (Å²) in [5, 5.41) is 10.7. The fourth-order valence-corrected chi connectivity index (χ4v) is 2.26. The van der Waals surface area contributed by atoms with Crippen LogP contribution in [0.2, 0.25) is 0 Å². The Hall–Kier alpha value is -0.870. The molecular weight excluding hydrogens is 190 g/mol. The molecule has 4 nitrogen and oxygen atoms in total. The lowest BCUT2D eigenvalue weighted by Crippen LogP contribution is -2.42. The van der Waals surface area contributed by atoms with Gasteiger partial charge in [-0.05, 0) is 31.7 Å². The third kappa shape index (κ3) is 2.58. The standard InChI is InChI=1S/C11H19N3O/c1-8(7-15-2)13-10-3-4-11-9(5-10)6-12-14-11/h6,8,10,13H,3-5,7H2,1-2H3,(H,12,14). The second-order valence-electron chi connectivity index (χ2n) is 4.34. The minimum atomic E-state index is 0.424. The Labute approximate surface area is 90.4 Å². The molecule has 0 saturated carbocycles. The number of hydrogen-bond donors (Lipinski definition) is 2. The van der Waals surface area contributed by atoms with Crippen molar-refractivity contribution in [2.24, 2.45) is 0 Å². The zero-order valence-electron chi connectivity index (χ0n) is 9.42. The van der Waals surface area contributed by atoms with E-state index in [1.54, 1.807) is 7.11 Å². The van der Waals surface area contributed by atoms with Crippen molar-refractivity contribution in [1.82, 2.24) is 15.5 Å². The monoisotopic (exact) mass is 209 g/mol. The van der Waals surface area contributed by atoms with E-state index in [0.717, 1.165) is 19.4 Å². The van der Waals surface area contributed by atoms with Crippen molar-refractivity contribution in [2.45, 2.75) is 38.3 Å². The summed E-state index contributed by atoms with van der Waals surface area (Å²) in [6.45, 7) is 2.93. The Morgan fingerprint density at radius 2 is 2.60 bits per heavy atom. The summed E-state index contributed by atoms with van der Waals surface area (Å²) < 4.78 is 5.12. The van der Waals surface area contributed by atoms with E-state index in [9.17, 15) is 0 Å². The maximum absolute atomic E-state index is 5.12. The summed E-state index contributed by atoms with van der Waals surface area (Å²) >= 11 is 0. The summed E-state index contributed by atoms with van der Waals surface area (Å²) in [5.41, 5.74) is 2.68. The highest BCUT2D eigenvalue weighted by Gasteiger charge is 2.20. The van der Waals surface area contributed by atoms with Crippen molar-refractivity contribution < 1.29 is 4.74 Å². The molecule has 0 aliphatic heterocycles. The number of aromatic amines is 1. The number of nitrogens with zero attached hydrogens (tertiary/aromatic N) is 1. The SMILES string of the molecule is COCC(C)NC1CCc2[nH]ncc2C1. The molecule has 2 unspecified atom stereocenters. The van der Waals surface area contributed by atoms with Crippen LogP contribution in [-0.2, 0) is 17.6 Å². The molecule has 0 aromatic carbocycles. The van der Waals surface area contributed by atoms with Crippen LogP contribution in [0.25, 0.3) is 0 Å². The van der Waals surface area contributed by atoms with E-state index in [1.807, 2.05) is 6.20 Å². The maximum atomic E-state index is 5.12. The number of rotatable bonds is 4. The summed E-state index contributed by atoms with van der Waals surface area (Å²) in [6, 6.07) is 0.994. The minimum absolute atomic E-state index is 0.424. The lowest BCUT2D eigenvalue weighted by Gasteiger charge is -2.26. The Morgan fingerprint density at radius 3 is 3.40 bits per heavy atom. The first-order chi connectivity index (χ1) is 7.29. The van der Waals surface area contributed by atoms with Crippen LogP contribution in [0, 0.1) is 0 Å². The molecule has 15 heavy (non-hydrogen) atoms. The molecule has 0 radical (unpaired) electrons. The summed E-state index contributed by atoms with van der Waals surface area (Å²) in [5.74, 6) is 0. The molecule has 1 aromatic rings. The van der Waals surface area contributed by atoms with Crippen LogP contribution in [0.1, 0.15) is 24.6 Å². The van der Waals surface area contributed by atoms with E-state index in [4.69, 9.17) is 4.74 Å². The molecule has 0 spiro atoms. The van der Waals surface area contributed by atoms with Crippen LogP contribution in [0.5, 0.6) is 0 Å². The third-order valence-electron chi connectivity index (χ3n) is 2.95. The summed E-state index contributed by atoms with van der Waals surface area (Å²) in [4.78, 5) is 0. The van der Waals surface area contributed by atoms with Gasteiger partial charge < -0.3 is 10.1 Å². The first-order valence-electron chi connectivity index (χ1n) is 5.55. The fraction of sp³-hybridized carbons (Fsp3) is 0.727. The predicted molar refractivity (Wildman–Crippen MR) is 58.9 cm³/mol. The number of aromatic nitrogens is 2. The van der Waals surface area contributed by atoms with Gasteiger partial charge in [0.05, 0.1) is 12.8 Å². The number of ether oxygens (including phenoxy) is 1.